The molecule has 0 unspecified atom stereocenters. The van der Waals surface area contributed by atoms with E-state index >= 15 is 0 Å². The van der Waals surface area contributed by atoms with Gasteiger partial charge in [-0.3, -0.25) is 4.79 Å². The average molecular weight is 355 g/mol. The highest BCUT2D eigenvalue weighted by molar-refractivity contribution is 7.13. The van der Waals surface area contributed by atoms with E-state index in [0.717, 1.165) is 22.5 Å². The van der Waals surface area contributed by atoms with Crippen LogP contribution in [0.15, 0.2) is 46.3 Å². The predicted octanol–water partition coefficient (Wildman–Crippen LogP) is 3.36. The molecule has 25 heavy (non-hydrogen) atoms. The van der Waals surface area contributed by atoms with Crippen LogP contribution in [0.5, 0.6) is 0 Å². The number of nitrogens with zero attached hydrogens (tertiary/aromatic N) is 2. The fraction of sp³-hybridized carbons (Fsp3) is 0.278. The molecule has 0 radical (unpaired) electrons. The lowest BCUT2D eigenvalue weighted by Crippen LogP contribution is -2.23. The number of anilines is 1. The zero-order chi connectivity index (χ0) is 17.1. The predicted molar refractivity (Wildman–Crippen MR) is 94.4 cm³/mol. The first kappa shape index (κ1) is 16.0. The van der Waals surface area contributed by atoms with Crippen LogP contribution in [0.2, 0.25) is 0 Å². The summed E-state index contributed by atoms with van der Waals surface area (Å²) in [5.41, 5.74) is 1.71. The molecule has 4 rings (SSSR count). The lowest BCUT2D eigenvalue weighted by Gasteiger charge is -2.12. The molecule has 0 bridgehead atoms. The minimum Gasteiger partial charge on any atom is -0.381 e. The number of carbonyl (C=O) groups excluding carboxylic acids is 1. The average Bonchev–Trinajstić information content (AvgIpc) is 3.38. The summed E-state index contributed by atoms with van der Waals surface area (Å²) in [5, 5.41) is 9.00. The van der Waals surface area contributed by atoms with Crippen LogP contribution in [0.4, 0.5) is 5.69 Å². The minimum atomic E-state index is -0.0816. The summed E-state index contributed by atoms with van der Waals surface area (Å²) < 4.78 is 10.7. The van der Waals surface area contributed by atoms with Gasteiger partial charge >= 0.3 is 0 Å². The second-order valence-corrected chi connectivity index (χ2v) is 6.82. The lowest BCUT2D eigenvalue weighted by atomic mass is 10.1. The molecule has 2 aromatic heterocycles. The molecule has 1 saturated heterocycles. The van der Waals surface area contributed by atoms with Gasteiger partial charge in [0.1, 0.15) is 0 Å². The Hall–Kier alpha value is -2.51. The van der Waals surface area contributed by atoms with Gasteiger partial charge < -0.3 is 14.6 Å². The smallest absolute Gasteiger partial charge is 0.231 e. The molecule has 3 heterocycles. The normalized spacial score (nSPS) is 16.9. The van der Waals surface area contributed by atoms with Gasteiger partial charge in [0, 0.05) is 12.3 Å². The Morgan fingerprint density at radius 2 is 2.20 bits per heavy atom. The Balaban J connectivity index is 1.50. The number of hydrogen-bond acceptors (Lipinski definition) is 6. The Labute approximate surface area is 148 Å². The van der Waals surface area contributed by atoms with Crippen molar-refractivity contribution in [3.05, 3.63) is 53.2 Å². The summed E-state index contributed by atoms with van der Waals surface area (Å²) in [6.45, 7) is 1.13. The van der Waals surface area contributed by atoms with Crippen LogP contribution < -0.4 is 5.32 Å². The Morgan fingerprint density at radius 1 is 1.28 bits per heavy atom. The minimum absolute atomic E-state index is 0.00486. The molecule has 0 aliphatic carbocycles. The van der Waals surface area contributed by atoms with Crippen molar-refractivity contribution in [2.45, 2.75) is 12.8 Å². The molecule has 1 N–H and O–H groups in total. The molecule has 7 heteroatoms. The number of ether oxygens (including phenoxy) is 1. The fourth-order valence-electron chi connectivity index (χ4n) is 2.77. The molecular weight excluding hydrogens is 338 g/mol. The Morgan fingerprint density at radius 3 is 3.00 bits per heavy atom. The lowest BCUT2D eigenvalue weighted by molar-refractivity contribution is -0.119. The molecular formula is C18H17N3O3S. The molecule has 1 atom stereocenters. The molecule has 128 valence electrons. The van der Waals surface area contributed by atoms with Gasteiger partial charge in [0.2, 0.25) is 17.6 Å². The van der Waals surface area contributed by atoms with Crippen LogP contribution in [0.25, 0.3) is 10.7 Å². The maximum absolute atomic E-state index is 12.3. The molecule has 0 saturated carbocycles. The van der Waals surface area contributed by atoms with E-state index in [4.69, 9.17) is 9.26 Å². The van der Waals surface area contributed by atoms with Crippen molar-refractivity contribution in [3.63, 3.8) is 0 Å². The first-order valence-electron chi connectivity index (χ1n) is 8.12. The highest BCUT2D eigenvalue weighted by atomic mass is 32.1. The van der Waals surface area contributed by atoms with Crippen molar-refractivity contribution in [2.75, 3.05) is 18.5 Å². The van der Waals surface area contributed by atoms with Crippen molar-refractivity contribution in [1.29, 1.82) is 0 Å². The van der Waals surface area contributed by atoms with E-state index in [9.17, 15) is 4.79 Å². The van der Waals surface area contributed by atoms with E-state index in [2.05, 4.69) is 15.5 Å². The van der Waals surface area contributed by atoms with Crippen LogP contribution >= 0.6 is 11.3 Å². The fourth-order valence-corrected chi connectivity index (χ4v) is 3.42. The van der Waals surface area contributed by atoms with E-state index in [-0.39, 0.29) is 11.8 Å². The van der Waals surface area contributed by atoms with Gasteiger partial charge in [0.15, 0.2) is 0 Å². The molecule has 1 amide bonds. The van der Waals surface area contributed by atoms with Crippen LogP contribution in [-0.4, -0.2) is 29.3 Å². The third-order valence-electron chi connectivity index (χ3n) is 4.13. The number of thiophene rings is 1. The van der Waals surface area contributed by atoms with Crippen LogP contribution in [0.1, 0.15) is 17.9 Å². The van der Waals surface area contributed by atoms with Crippen molar-refractivity contribution >= 4 is 22.9 Å². The molecule has 1 fully saturated rings. The van der Waals surface area contributed by atoms with Crippen molar-refractivity contribution in [3.8, 4) is 10.7 Å². The standard InChI is InChI=1S/C18H17N3O3S/c22-18(13-7-8-23-11-13)19-14-5-2-1-4-12(14)10-16-20-17(21-24-16)15-6-3-9-25-15/h1-6,9,13H,7-8,10-11H2,(H,19,22)/t13-/m1/s1. The van der Waals surface area contributed by atoms with Gasteiger partial charge in [0.25, 0.3) is 0 Å². The van der Waals surface area contributed by atoms with E-state index in [1.54, 1.807) is 11.3 Å². The zero-order valence-electron chi connectivity index (χ0n) is 13.5. The van der Waals surface area contributed by atoms with E-state index in [1.807, 2.05) is 41.8 Å². The van der Waals surface area contributed by atoms with Gasteiger partial charge in [-0.05, 0) is 29.5 Å². The summed E-state index contributed by atoms with van der Waals surface area (Å²) in [6, 6.07) is 11.6. The number of rotatable bonds is 5. The molecule has 1 aliphatic heterocycles. The van der Waals surface area contributed by atoms with Crippen LogP contribution in [0.3, 0.4) is 0 Å². The number of benzene rings is 1. The van der Waals surface area contributed by atoms with E-state index in [1.165, 1.54) is 0 Å². The van der Waals surface area contributed by atoms with E-state index < -0.39 is 0 Å². The van der Waals surface area contributed by atoms with Gasteiger partial charge in [-0.25, -0.2) is 0 Å². The Bertz CT molecular complexity index is 854. The highest BCUT2D eigenvalue weighted by Crippen LogP contribution is 2.24. The number of aromatic nitrogens is 2. The molecule has 1 aromatic carbocycles. The van der Waals surface area contributed by atoms with Gasteiger partial charge in [-0.2, -0.15) is 4.98 Å². The van der Waals surface area contributed by atoms with Crippen molar-refractivity contribution in [2.24, 2.45) is 5.92 Å². The largest absolute Gasteiger partial charge is 0.381 e. The summed E-state index contributed by atoms with van der Waals surface area (Å²) in [4.78, 5) is 17.8. The summed E-state index contributed by atoms with van der Waals surface area (Å²) in [5.74, 6) is 1.03. The summed E-state index contributed by atoms with van der Waals surface area (Å²) >= 11 is 1.57. The van der Waals surface area contributed by atoms with Crippen LogP contribution in [-0.2, 0) is 16.0 Å². The molecule has 1 aliphatic rings. The number of amides is 1. The quantitative estimate of drug-likeness (QED) is 0.759. The van der Waals surface area contributed by atoms with Gasteiger partial charge in [-0.15, -0.1) is 11.3 Å². The molecule has 6 nitrogen and oxygen atoms in total. The summed E-state index contributed by atoms with van der Waals surface area (Å²) in [7, 11) is 0. The topological polar surface area (TPSA) is 77.3 Å². The highest BCUT2D eigenvalue weighted by Gasteiger charge is 2.24. The number of nitrogens with one attached hydrogen (secondary N) is 1. The molecule has 0 spiro atoms. The van der Waals surface area contributed by atoms with E-state index in [0.29, 0.717) is 31.3 Å². The maximum Gasteiger partial charge on any atom is 0.231 e. The first-order chi connectivity index (χ1) is 12.3. The first-order valence-corrected chi connectivity index (χ1v) is 9.00. The second-order valence-electron chi connectivity index (χ2n) is 5.87. The number of para-hydroxylation sites is 1. The third-order valence-corrected chi connectivity index (χ3v) is 4.99. The third kappa shape index (κ3) is 3.62. The monoisotopic (exact) mass is 355 g/mol. The van der Waals surface area contributed by atoms with Gasteiger partial charge in [-0.1, -0.05) is 29.4 Å². The van der Waals surface area contributed by atoms with Crippen molar-refractivity contribution < 1.29 is 14.1 Å². The summed E-state index contributed by atoms with van der Waals surface area (Å²) in [6.07, 6.45) is 1.23. The number of carbonyl (C=O) groups is 1. The Kier molecular flexibility index (Phi) is 4.58. The second kappa shape index (κ2) is 7.16. The van der Waals surface area contributed by atoms with Crippen molar-refractivity contribution in [1.82, 2.24) is 10.1 Å². The molecule has 3 aromatic rings. The SMILES string of the molecule is O=C(Nc1ccccc1Cc1nc(-c2cccs2)no1)[C@@H]1CCOC1. The van der Waals surface area contributed by atoms with Crippen LogP contribution in [0, 0.1) is 5.92 Å². The maximum atomic E-state index is 12.3. The van der Waals surface area contributed by atoms with Gasteiger partial charge in [0.05, 0.1) is 23.8 Å². The zero-order valence-corrected chi connectivity index (χ0v) is 14.3. The number of hydrogen-bond donors (Lipinski definition) is 1.